The van der Waals surface area contributed by atoms with Gasteiger partial charge in [0, 0.05) is 44.8 Å². The molecule has 1 amide bonds. The minimum absolute atomic E-state index is 0.111. The molecule has 28 heavy (non-hydrogen) atoms. The van der Waals surface area contributed by atoms with E-state index in [4.69, 9.17) is 4.74 Å². The number of carbonyl (C=O) groups excluding carboxylic acids is 1. The predicted molar refractivity (Wildman–Crippen MR) is 109 cm³/mol. The maximum Gasteiger partial charge on any atom is 0.253 e. The van der Waals surface area contributed by atoms with Crippen molar-refractivity contribution in [2.45, 2.75) is 13.8 Å². The van der Waals surface area contributed by atoms with Gasteiger partial charge in [-0.1, -0.05) is 17.2 Å². The van der Waals surface area contributed by atoms with Gasteiger partial charge in [-0.05, 0) is 38.1 Å². The zero-order chi connectivity index (χ0) is 19.5. The molecule has 3 heterocycles. The Bertz CT molecular complexity index is 805. The summed E-state index contributed by atoms with van der Waals surface area (Å²) in [7, 11) is 0. The lowest BCUT2D eigenvalue weighted by Crippen LogP contribution is -2.49. The quantitative estimate of drug-likeness (QED) is 0.809. The number of benzene rings is 1. The van der Waals surface area contributed by atoms with Crippen LogP contribution in [0.25, 0.3) is 0 Å². The van der Waals surface area contributed by atoms with E-state index < -0.39 is 0 Å². The van der Waals surface area contributed by atoms with Gasteiger partial charge in [-0.3, -0.25) is 4.79 Å². The first-order valence-corrected chi connectivity index (χ1v) is 9.89. The first-order chi connectivity index (χ1) is 13.6. The van der Waals surface area contributed by atoms with E-state index in [1.807, 2.05) is 43.0 Å². The summed E-state index contributed by atoms with van der Waals surface area (Å²) in [6.07, 6.45) is 0. The molecule has 0 N–H and O–H groups in total. The van der Waals surface area contributed by atoms with Gasteiger partial charge in [0.05, 0.1) is 13.2 Å². The first kappa shape index (κ1) is 18.7. The maximum absolute atomic E-state index is 12.8. The third kappa shape index (κ3) is 4.09. The molecule has 148 valence electrons. The van der Waals surface area contributed by atoms with Crippen LogP contribution in [0.5, 0.6) is 0 Å². The van der Waals surface area contributed by atoms with Crippen molar-refractivity contribution < 1.29 is 9.53 Å². The number of aromatic nitrogens is 2. The van der Waals surface area contributed by atoms with Gasteiger partial charge in [0.2, 0.25) is 0 Å². The second kappa shape index (κ2) is 8.14. The minimum atomic E-state index is 0.111. The zero-order valence-electron chi connectivity index (χ0n) is 16.6. The Hall–Kier alpha value is -2.67. The van der Waals surface area contributed by atoms with Gasteiger partial charge < -0.3 is 19.4 Å². The molecular formula is C21H27N5O2. The molecule has 2 fully saturated rings. The highest BCUT2D eigenvalue weighted by Gasteiger charge is 2.23. The Morgan fingerprint density at radius 1 is 0.821 bits per heavy atom. The number of rotatable bonds is 3. The minimum Gasteiger partial charge on any atom is -0.378 e. The number of amides is 1. The van der Waals surface area contributed by atoms with Crippen LogP contribution in [0.15, 0.2) is 30.3 Å². The van der Waals surface area contributed by atoms with E-state index in [1.54, 1.807) is 0 Å². The van der Waals surface area contributed by atoms with Crippen molar-refractivity contribution in [3.8, 4) is 0 Å². The van der Waals surface area contributed by atoms with E-state index in [9.17, 15) is 4.79 Å². The molecule has 1 aromatic heterocycles. The van der Waals surface area contributed by atoms with Crippen LogP contribution in [0.3, 0.4) is 0 Å². The highest BCUT2D eigenvalue weighted by Crippen LogP contribution is 2.19. The van der Waals surface area contributed by atoms with Crippen LogP contribution in [-0.2, 0) is 4.74 Å². The molecule has 0 radical (unpaired) electrons. The summed E-state index contributed by atoms with van der Waals surface area (Å²) in [5.41, 5.74) is 3.02. The van der Waals surface area contributed by atoms with E-state index in [-0.39, 0.29) is 5.91 Å². The third-order valence-electron chi connectivity index (χ3n) is 5.33. The Labute approximate surface area is 165 Å². The van der Waals surface area contributed by atoms with E-state index in [0.29, 0.717) is 13.1 Å². The first-order valence-electron chi connectivity index (χ1n) is 9.89. The highest BCUT2D eigenvalue weighted by molar-refractivity contribution is 5.94. The lowest BCUT2D eigenvalue weighted by molar-refractivity contribution is 0.0746. The second-order valence-electron chi connectivity index (χ2n) is 7.50. The van der Waals surface area contributed by atoms with Gasteiger partial charge in [-0.15, -0.1) is 10.2 Å². The number of morpholine rings is 1. The van der Waals surface area contributed by atoms with E-state index in [1.165, 1.54) is 0 Å². The van der Waals surface area contributed by atoms with Gasteiger partial charge in [0.15, 0.2) is 11.6 Å². The van der Waals surface area contributed by atoms with Crippen LogP contribution in [0.2, 0.25) is 0 Å². The van der Waals surface area contributed by atoms with Gasteiger partial charge >= 0.3 is 0 Å². The predicted octanol–water partition coefficient (Wildman–Crippen LogP) is 1.89. The van der Waals surface area contributed by atoms with Crippen molar-refractivity contribution in [1.82, 2.24) is 15.1 Å². The summed E-state index contributed by atoms with van der Waals surface area (Å²) in [5.74, 6) is 1.88. The lowest BCUT2D eigenvalue weighted by atomic mass is 10.1. The zero-order valence-corrected chi connectivity index (χ0v) is 16.6. The summed E-state index contributed by atoms with van der Waals surface area (Å²) in [4.78, 5) is 19.2. The largest absolute Gasteiger partial charge is 0.378 e. The summed E-state index contributed by atoms with van der Waals surface area (Å²) in [6.45, 7) is 10.2. The molecule has 0 unspecified atom stereocenters. The Balaban J connectivity index is 1.36. The fourth-order valence-electron chi connectivity index (χ4n) is 3.87. The summed E-state index contributed by atoms with van der Waals surface area (Å²) >= 11 is 0. The number of hydrogen-bond donors (Lipinski definition) is 0. The lowest BCUT2D eigenvalue weighted by Gasteiger charge is -2.35. The van der Waals surface area contributed by atoms with Gasteiger partial charge in [0.25, 0.3) is 5.91 Å². The highest BCUT2D eigenvalue weighted by atomic mass is 16.5. The van der Waals surface area contributed by atoms with Crippen LogP contribution in [0, 0.1) is 13.8 Å². The molecule has 2 aliphatic rings. The van der Waals surface area contributed by atoms with Crippen LogP contribution in [0.4, 0.5) is 11.6 Å². The monoisotopic (exact) mass is 381 g/mol. The van der Waals surface area contributed by atoms with Crippen molar-refractivity contribution in [3.63, 3.8) is 0 Å². The Kier molecular flexibility index (Phi) is 5.43. The number of carbonyl (C=O) groups is 1. The molecule has 2 aromatic rings. The van der Waals surface area contributed by atoms with Crippen LogP contribution in [-0.4, -0.2) is 73.5 Å². The molecule has 2 saturated heterocycles. The van der Waals surface area contributed by atoms with Crippen molar-refractivity contribution in [2.24, 2.45) is 0 Å². The number of ether oxygens (including phenoxy) is 1. The van der Waals surface area contributed by atoms with Gasteiger partial charge in [-0.25, -0.2) is 0 Å². The number of aryl methyl sites for hydroxylation is 2. The number of anilines is 2. The van der Waals surface area contributed by atoms with E-state index >= 15 is 0 Å². The van der Waals surface area contributed by atoms with Crippen LogP contribution >= 0.6 is 0 Å². The maximum atomic E-state index is 12.8. The van der Waals surface area contributed by atoms with Gasteiger partial charge in [-0.2, -0.15) is 0 Å². The Morgan fingerprint density at radius 2 is 1.36 bits per heavy atom. The fourth-order valence-corrected chi connectivity index (χ4v) is 3.87. The fraction of sp³-hybridized carbons (Fsp3) is 0.476. The van der Waals surface area contributed by atoms with Crippen molar-refractivity contribution >= 4 is 17.5 Å². The Morgan fingerprint density at radius 3 is 1.89 bits per heavy atom. The molecule has 0 spiro atoms. The molecule has 4 rings (SSSR count). The average Bonchev–Trinajstić information content (AvgIpc) is 2.73. The molecule has 0 saturated carbocycles. The molecule has 7 heteroatoms. The van der Waals surface area contributed by atoms with Gasteiger partial charge in [0.1, 0.15) is 0 Å². The molecular weight excluding hydrogens is 354 g/mol. The molecule has 0 aliphatic carbocycles. The molecule has 7 nitrogen and oxygen atoms in total. The smallest absolute Gasteiger partial charge is 0.253 e. The molecule has 1 aromatic carbocycles. The molecule has 2 aliphatic heterocycles. The van der Waals surface area contributed by atoms with E-state index in [2.05, 4.69) is 26.1 Å². The number of piperazine rings is 1. The summed E-state index contributed by atoms with van der Waals surface area (Å²) in [6, 6.07) is 10.1. The second-order valence-corrected chi connectivity index (χ2v) is 7.50. The van der Waals surface area contributed by atoms with Crippen molar-refractivity contribution in [3.05, 3.63) is 47.0 Å². The standard InChI is InChI=1S/C21H27N5O2/c1-16-13-17(2)15-18(14-16)21(27)26-7-5-24(6-8-26)19-3-4-20(23-22-19)25-9-11-28-12-10-25/h3-4,13-15H,5-12H2,1-2H3. The normalized spacial score (nSPS) is 17.7. The molecule has 0 bridgehead atoms. The summed E-state index contributed by atoms with van der Waals surface area (Å²) < 4.78 is 5.38. The van der Waals surface area contributed by atoms with Crippen molar-refractivity contribution in [2.75, 3.05) is 62.3 Å². The molecule has 0 atom stereocenters. The SMILES string of the molecule is Cc1cc(C)cc(C(=O)N2CCN(c3ccc(N4CCOCC4)nn3)CC2)c1. The van der Waals surface area contributed by atoms with Crippen LogP contribution in [0.1, 0.15) is 21.5 Å². The summed E-state index contributed by atoms with van der Waals surface area (Å²) in [5, 5.41) is 8.82. The van der Waals surface area contributed by atoms with E-state index in [0.717, 1.165) is 67.7 Å². The van der Waals surface area contributed by atoms with Crippen molar-refractivity contribution in [1.29, 1.82) is 0 Å². The number of hydrogen-bond acceptors (Lipinski definition) is 6. The third-order valence-corrected chi connectivity index (χ3v) is 5.33. The average molecular weight is 381 g/mol. The van der Waals surface area contributed by atoms with Crippen LogP contribution < -0.4 is 9.80 Å². The number of nitrogens with zero attached hydrogens (tertiary/aromatic N) is 5. The topological polar surface area (TPSA) is 61.8 Å².